The second-order valence-electron chi connectivity index (χ2n) is 5.16. The molecule has 1 fully saturated rings. The Morgan fingerprint density at radius 3 is 2.56 bits per heavy atom. The number of rotatable bonds is 4. The van der Waals surface area contributed by atoms with E-state index < -0.39 is 6.10 Å². The van der Waals surface area contributed by atoms with Crippen molar-refractivity contribution in [2.75, 3.05) is 7.11 Å². The van der Waals surface area contributed by atoms with Crippen LogP contribution in [0.3, 0.4) is 0 Å². The van der Waals surface area contributed by atoms with Crippen molar-refractivity contribution in [3.05, 3.63) is 29.8 Å². The van der Waals surface area contributed by atoms with E-state index in [9.17, 15) is 5.11 Å². The van der Waals surface area contributed by atoms with Gasteiger partial charge in [-0.05, 0) is 24.8 Å². The molecule has 0 aromatic heterocycles. The van der Waals surface area contributed by atoms with Gasteiger partial charge in [-0.3, -0.25) is 0 Å². The lowest BCUT2D eigenvalue weighted by Crippen LogP contribution is -2.34. The number of aliphatic hydroxyl groups excluding tert-OH is 1. The molecule has 1 aliphatic carbocycles. The Hall–Kier alpha value is -1.06. The van der Waals surface area contributed by atoms with Crippen LogP contribution < -0.4 is 10.5 Å². The normalized spacial score (nSPS) is 20.4. The van der Waals surface area contributed by atoms with Crippen LogP contribution >= 0.6 is 0 Å². The first-order valence-electron chi connectivity index (χ1n) is 6.80. The van der Waals surface area contributed by atoms with Crippen molar-refractivity contribution in [3.8, 4) is 5.75 Å². The van der Waals surface area contributed by atoms with Crippen LogP contribution in [0.5, 0.6) is 5.75 Å². The number of methoxy groups -OCH3 is 1. The Morgan fingerprint density at radius 1 is 1.22 bits per heavy atom. The van der Waals surface area contributed by atoms with Gasteiger partial charge >= 0.3 is 0 Å². The number of hydrogen-bond donors (Lipinski definition) is 2. The molecule has 0 heterocycles. The molecule has 0 amide bonds. The van der Waals surface area contributed by atoms with Gasteiger partial charge in [-0.25, -0.2) is 0 Å². The second kappa shape index (κ2) is 6.21. The van der Waals surface area contributed by atoms with E-state index in [1.807, 2.05) is 24.3 Å². The third-order valence-electron chi connectivity index (χ3n) is 4.00. The molecule has 2 atom stereocenters. The van der Waals surface area contributed by atoms with Crippen LogP contribution in [0, 0.1) is 5.92 Å². The third-order valence-corrected chi connectivity index (χ3v) is 4.00. The summed E-state index contributed by atoms with van der Waals surface area (Å²) in [5.74, 6) is 1.10. The van der Waals surface area contributed by atoms with Crippen molar-refractivity contribution in [1.29, 1.82) is 0 Å². The zero-order valence-corrected chi connectivity index (χ0v) is 11.0. The summed E-state index contributed by atoms with van der Waals surface area (Å²) in [6.07, 6.45) is 5.41. The van der Waals surface area contributed by atoms with Crippen LogP contribution in [0.4, 0.5) is 0 Å². The molecule has 3 heteroatoms. The van der Waals surface area contributed by atoms with Gasteiger partial charge in [0.25, 0.3) is 0 Å². The van der Waals surface area contributed by atoms with E-state index in [1.54, 1.807) is 7.11 Å². The van der Waals surface area contributed by atoms with Crippen molar-refractivity contribution in [1.82, 2.24) is 0 Å². The Bertz CT molecular complexity index is 375. The van der Waals surface area contributed by atoms with E-state index in [4.69, 9.17) is 10.5 Å². The second-order valence-corrected chi connectivity index (χ2v) is 5.16. The maximum absolute atomic E-state index is 10.4. The number of aliphatic hydroxyl groups is 1. The maximum Gasteiger partial charge on any atom is 0.123 e. The smallest absolute Gasteiger partial charge is 0.123 e. The summed E-state index contributed by atoms with van der Waals surface area (Å²) in [7, 11) is 1.64. The molecule has 100 valence electrons. The van der Waals surface area contributed by atoms with Gasteiger partial charge in [0.2, 0.25) is 0 Å². The van der Waals surface area contributed by atoms with Crippen molar-refractivity contribution < 1.29 is 9.84 Å². The first kappa shape index (κ1) is 13.4. The summed E-state index contributed by atoms with van der Waals surface area (Å²) < 4.78 is 5.31. The minimum Gasteiger partial charge on any atom is -0.496 e. The highest BCUT2D eigenvalue weighted by Gasteiger charge is 2.28. The summed E-state index contributed by atoms with van der Waals surface area (Å²) in [6, 6.07) is 7.33. The predicted octanol–water partition coefficient (Wildman–Crippen LogP) is 2.64. The van der Waals surface area contributed by atoms with Gasteiger partial charge in [-0.1, -0.05) is 37.5 Å². The summed E-state index contributed by atoms with van der Waals surface area (Å²) in [4.78, 5) is 0. The minimum atomic E-state index is -0.471. The van der Waals surface area contributed by atoms with Crippen LogP contribution in [0.2, 0.25) is 0 Å². The van der Waals surface area contributed by atoms with E-state index in [0.29, 0.717) is 5.92 Å². The quantitative estimate of drug-likeness (QED) is 0.862. The van der Waals surface area contributed by atoms with E-state index in [-0.39, 0.29) is 6.04 Å². The summed E-state index contributed by atoms with van der Waals surface area (Å²) in [5.41, 5.74) is 7.12. The number of para-hydroxylation sites is 1. The van der Waals surface area contributed by atoms with Crippen LogP contribution in [-0.4, -0.2) is 18.3 Å². The molecule has 0 radical (unpaired) electrons. The monoisotopic (exact) mass is 249 g/mol. The fourth-order valence-electron chi connectivity index (χ4n) is 2.89. The van der Waals surface area contributed by atoms with E-state index in [1.165, 1.54) is 19.3 Å². The van der Waals surface area contributed by atoms with Gasteiger partial charge in [0.05, 0.1) is 19.3 Å². The fraction of sp³-hybridized carbons (Fsp3) is 0.600. The standard InChI is InChI=1S/C15H23NO2/c1-18-13-10-6-5-9-12(13)14(16)15(17)11-7-3-2-4-8-11/h5-6,9-11,14-15,17H,2-4,7-8,16H2,1H3/t14-,15+/m1/s1. The van der Waals surface area contributed by atoms with Crippen molar-refractivity contribution in [3.63, 3.8) is 0 Å². The molecule has 1 saturated carbocycles. The zero-order valence-electron chi connectivity index (χ0n) is 11.0. The topological polar surface area (TPSA) is 55.5 Å². The largest absolute Gasteiger partial charge is 0.496 e. The van der Waals surface area contributed by atoms with Crippen LogP contribution in [0.15, 0.2) is 24.3 Å². The van der Waals surface area contributed by atoms with Gasteiger partial charge in [0, 0.05) is 5.56 Å². The van der Waals surface area contributed by atoms with Gasteiger partial charge in [-0.15, -0.1) is 0 Å². The molecule has 0 saturated heterocycles. The van der Waals surface area contributed by atoms with Gasteiger partial charge in [-0.2, -0.15) is 0 Å². The maximum atomic E-state index is 10.4. The lowest BCUT2D eigenvalue weighted by Gasteiger charge is -2.31. The predicted molar refractivity (Wildman–Crippen MR) is 72.5 cm³/mol. The van der Waals surface area contributed by atoms with E-state index >= 15 is 0 Å². The van der Waals surface area contributed by atoms with Gasteiger partial charge < -0.3 is 15.6 Å². The van der Waals surface area contributed by atoms with Crippen molar-refractivity contribution >= 4 is 0 Å². The zero-order chi connectivity index (χ0) is 13.0. The average Bonchev–Trinajstić information content (AvgIpc) is 2.46. The van der Waals surface area contributed by atoms with Gasteiger partial charge in [0.1, 0.15) is 5.75 Å². The molecule has 1 aromatic rings. The molecule has 18 heavy (non-hydrogen) atoms. The summed E-state index contributed by atoms with van der Waals surface area (Å²) >= 11 is 0. The minimum absolute atomic E-state index is 0.332. The molecule has 3 N–H and O–H groups in total. The average molecular weight is 249 g/mol. The highest BCUT2D eigenvalue weighted by molar-refractivity contribution is 5.36. The number of benzene rings is 1. The van der Waals surface area contributed by atoms with E-state index in [0.717, 1.165) is 24.2 Å². The lowest BCUT2D eigenvalue weighted by atomic mass is 9.81. The van der Waals surface area contributed by atoms with Crippen LogP contribution in [0.25, 0.3) is 0 Å². The molecule has 1 aromatic carbocycles. The molecule has 0 aliphatic heterocycles. The SMILES string of the molecule is COc1ccccc1[C@@H](N)[C@@H](O)C1CCCCC1. The third kappa shape index (κ3) is 2.85. The molecular weight excluding hydrogens is 226 g/mol. The number of hydrogen-bond acceptors (Lipinski definition) is 3. The molecule has 0 bridgehead atoms. The van der Waals surface area contributed by atoms with Crippen molar-refractivity contribution in [2.24, 2.45) is 11.7 Å². The molecule has 2 rings (SSSR count). The first-order chi connectivity index (χ1) is 8.74. The van der Waals surface area contributed by atoms with Crippen LogP contribution in [0.1, 0.15) is 43.7 Å². The lowest BCUT2D eigenvalue weighted by molar-refractivity contribution is 0.0611. The highest BCUT2D eigenvalue weighted by Crippen LogP contribution is 2.33. The highest BCUT2D eigenvalue weighted by atomic mass is 16.5. The first-order valence-corrected chi connectivity index (χ1v) is 6.80. The molecular formula is C15H23NO2. The summed E-state index contributed by atoms with van der Waals surface area (Å²) in [5, 5.41) is 10.4. The Kier molecular flexibility index (Phi) is 4.61. The molecule has 1 aliphatic rings. The molecule has 0 unspecified atom stereocenters. The van der Waals surface area contributed by atoms with E-state index in [2.05, 4.69) is 0 Å². The summed E-state index contributed by atoms with van der Waals surface area (Å²) in [6.45, 7) is 0. The fourth-order valence-corrected chi connectivity index (χ4v) is 2.89. The Labute approximate surface area is 109 Å². The molecule has 3 nitrogen and oxygen atoms in total. The number of nitrogens with two attached hydrogens (primary N) is 1. The Balaban J connectivity index is 2.11. The van der Waals surface area contributed by atoms with Crippen molar-refractivity contribution in [2.45, 2.75) is 44.2 Å². The van der Waals surface area contributed by atoms with Gasteiger partial charge in [0.15, 0.2) is 0 Å². The van der Waals surface area contributed by atoms with Crippen LogP contribution in [-0.2, 0) is 0 Å². The number of ether oxygens (including phenoxy) is 1. The molecule has 0 spiro atoms. The Morgan fingerprint density at radius 2 is 1.89 bits per heavy atom.